The molecule has 1 unspecified atom stereocenters. The second-order valence-corrected chi connectivity index (χ2v) is 8.02. The molecule has 1 aromatic rings. The number of aryl methyl sites for hydroxylation is 2. The van der Waals surface area contributed by atoms with Crippen molar-refractivity contribution in [2.75, 3.05) is 13.1 Å². The lowest BCUT2D eigenvalue weighted by atomic mass is 10.1. The molecule has 1 amide bonds. The maximum absolute atomic E-state index is 12.3. The Kier molecular flexibility index (Phi) is 5.92. The number of amides is 1. The van der Waals surface area contributed by atoms with Crippen LogP contribution in [0.1, 0.15) is 63.8 Å². The van der Waals surface area contributed by atoms with Crippen LogP contribution in [0.15, 0.2) is 18.2 Å². The summed E-state index contributed by atoms with van der Waals surface area (Å²) in [6, 6.07) is 7.23. The van der Waals surface area contributed by atoms with Gasteiger partial charge in [-0.2, -0.15) is 0 Å². The number of fused-ring (bicyclic) bond motifs is 1. The molecule has 0 heterocycles. The van der Waals surface area contributed by atoms with E-state index in [1.54, 1.807) is 4.90 Å². The number of benzene rings is 1. The molecular weight excluding hydrogens is 300 g/mol. The Bertz CT molecular complexity index is 575. The molecule has 1 aliphatic rings. The van der Waals surface area contributed by atoms with E-state index < -0.39 is 5.60 Å². The third-order valence-corrected chi connectivity index (χ3v) is 4.37. The molecule has 0 fully saturated rings. The fourth-order valence-electron chi connectivity index (χ4n) is 3.17. The molecule has 4 nitrogen and oxygen atoms in total. The highest BCUT2D eigenvalue weighted by Gasteiger charge is 2.25. The van der Waals surface area contributed by atoms with Crippen LogP contribution in [0.4, 0.5) is 4.79 Å². The Hall–Kier alpha value is -1.55. The largest absolute Gasteiger partial charge is 0.444 e. The molecule has 0 aromatic heterocycles. The van der Waals surface area contributed by atoms with E-state index >= 15 is 0 Å². The van der Waals surface area contributed by atoms with E-state index in [-0.39, 0.29) is 12.1 Å². The number of ether oxygens (including phenoxy) is 1. The topological polar surface area (TPSA) is 41.6 Å². The second-order valence-electron chi connectivity index (χ2n) is 8.02. The van der Waals surface area contributed by atoms with Crippen LogP contribution in [0.2, 0.25) is 0 Å². The van der Waals surface area contributed by atoms with Crippen molar-refractivity contribution in [3.05, 3.63) is 34.9 Å². The number of hydrogen-bond acceptors (Lipinski definition) is 3. The van der Waals surface area contributed by atoms with Gasteiger partial charge in [-0.1, -0.05) is 23.8 Å². The number of carbonyl (C=O) groups is 1. The molecule has 0 bridgehead atoms. The number of hydrogen-bond donors (Lipinski definition) is 1. The highest BCUT2D eigenvalue weighted by molar-refractivity contribution is 5.68. The van der Waals surface area contributed by atoms with E-state index in [1.165, 1.54) is 16.7 Å². The SMILES string of the molecule is Cc1ccc2c(c1)C(NCCN(C(=O)OC(C)(C)C)C(C)C)CC2. The van der Waals surface area contributed by atoms with Crippen LogP contribution in [0.3, 0.4) is 0 Å². The number of nitrogens with zero attached hydrogens (tertiary/aromatic N) is 1. The van der Waals surface area contributed by atoms with E-state index in [9.17, 15) is 4.79 Å². The average molecular weight is 332 g/mol. The number of nitrogens with one attached hydrogen (secondary N) is 1. The normalized spacial score (nSPS) is 17.0. The zero-order chi connectivity index (χ0) is 17.9. The summed E-state index contributed by atoms with van der Waals surface area (Å²) in [4.78, 5) is 14.1. The summed E-state index contributed by atoms with van der Waals surface area (Å²) >= 11 is 0. The minimum absolute atomic E-state index is 0.125. The summed E-state index contributed by atoms with van der Waals surface area (Å²) in [5.74, 6) is 0. The molecule has 1 atom stereocenters. The fourth-order valence-corrected chi connectivity index (χ4v) is 3.17. The molecule has 4 heteroatoms. The molecule has 0 aliphatic heterocycles. The van der Waals surface area contributed by atoms with Gasteiger partial charge in [0.2, 0.25) is 0 Å². The van der Waals surface area contributed by atoms with Crippen molar-refractivity contribution >= 4 is 6.09 Å². The molecule has 2 rings (SSSR count). The third-order valence-electron chi connectivity index (χ3n) is 4.37. The van der Waals surface area contributed by atoms with Gasteiger partial charge in [-0.3, -0.25) is 0 Å². The van der Waals surface area contributed by atoms with Crippen LogP contribution in [0, 0.1) is 6.92 Å². The van der Waals surface area contributed by atoms with Gasteiger partial charge in [-0.25, -0.2) is 4.79 Å². The van der Waals surface area contributed by atoms with Crippen LogP contribution in [0.5, 0.6) is 0 Å². The van der Waals surface area contributed by atoms with E-state index in [2.05, 4.69) is 30.4 Å². The fraction of sp³-hybridized carbons (Fsp3) is 0.650. The minimum atomic E-state index is -0.459. The van der Waals surface area contributed by atoms with Gasteiger partial charge in [-0.05, 0) is 65.5 Å². The van der Waals surface area contributed by atoms with E-state index in [1.807, 2.05) is 34.6 Å². The first-order valence-corrected chi connectivity index (χ1v) is 9.00. The van der Waals surface area contributed by atoms with E-state index in [0.717, 1.165) is 19.4 Å². The minimum Gasteiger partial charge on any atom is -0.444 e. The lowest BCUT2D eigenvalue weighted by molar-refractivity contribution is 0.0192. The zero-order valence-corrected chi connectivity index (χ0v) is 16.0. The van der Waals surface area contributed by atoms with Gasteiger partial charge in [0.25, 0.3) is 0 Å². The maximum Gasteiger partial charge on any atom is 0.410 e. The summed E-state index contributed by atoms with van der Waals surface area (Å²) in [5.41, 5.74) is 3.72. The molecule has 0 spiro atoms. The molecular formula is C20H32N2O2. The van der Waals surface area contributed by atoms with Gasteiger partial charge in [0.05, 0.1) is 0 Å². The van der Waals surface area contributed by atoms with Crippen LogP contribution >= 0.6 is 0 Å². The van der Waals surface area contributed by atoms with E-state index in [0.29, 0.717) is 12.6 Å². The Labute approximate surface area is 146 Å². The molecule has 1 N–H and O–H groups in total. The maximum atomic E-state index is 12.3. The Morgan fingerprint density at radius 2 is 2.08 bits per heavy atom. The molecule has 0 saturated carbocycles. The zero-order valence-electron chi connectivity index (χ0n) is 16.0. The highest BCUT2D eigenvalue weighted by atomic mass is 16.6. The first-order chi connectivity index (χ1) is 11.2. The standard InChI is InChI=1S/C20H32N2O2/c1-14(2)22(19(23)24-20(4,5)6)12-11-21-18-10-9-16-8-7-15(3)13-17(16)18/h7-8,13-14,18,21H,9-12H2,1-6H3. The summed E-state index contributed by atoms with van der Waals surface area (Å²) in [7, 11) is 0. The second kappa shape index (κ2) is 7.56. The molecule has 134 valence electrons. The number of carbonyl (C=O) groups excluding carboxylic acids is 1. The van der Waals surface area contributed by atoms with Crippen LogP contribution in [0.25, 0.3) is 0 Å². The molecule has 0 radical (unpaired) electrons. The predicted octanol–water partition coefficient (Wildman–Crippen LogP) is 4.22. The smallest absolute Gasteiger partial charge is 0.410 e. The van der Waals surface area contributed by atoms with Crippen molar-refractivity contribution in [3.63, 3.8) is 0 Å². The van der Waals surface area contributed by atoms with Crippen LogP contribution in [-0.4, -0.2) is 35.7 Å². The van der Waals surface area contributed by atoms with Gasteiger partial charge < -0.3 is 15.0 Å². The molecule has 0 saturated heterocycles. The van der Waals surface area contributed by atoms with Crippen molar-refractivity contribution < 1.29 is 9.53 Å². The summed E-state index contributed by atoms with van der Waals surface area (Å²) in [6.07, 6.45) is 2.03. The Morgan fingerprint density at radius 3 is 2.71 bits per heavy atom. The number of rotatable bonds is 5. The molecule has 24 heavy (non-hydrogen) atoms. The Balaban J connectivity index is 1.90. The van der Waals surface area contributed by atoms with Crippen LogP contribution in [-0.2, 0) is 11.2 Å². The van der Waals surface area contributed by atoms with Crippen molar-refractivity contribution in [3.8, 4) is 0 Å². The monoisotopic (exact) mass is 332 g/mol. The van der Waals surface area contributed by atoms with Gasteiger partial charge in [0, 0.05) is 25.2 Å². The van der Waals surface area contributed by atoms with Gasteiger partial charge in [0.15, 0.2) is 0 Å². The van der Waals surface area contributed by atoms with Crippen molar-refractivity contribution in [2.24, 2.45) is 0 Å². The Morgan fingerprint density at radius 1 is 1.38 bits per heavy atom. The average Bonchev–Trinajstić information content (AvgIpc) is 2.83. The third kappa shape index (κ3) is 4.97. The van der Waals surface area contributed by atoms with Crippen molar-refractivity contribution in [1.29, 1.82) is 0 Å². The van der Waals surface area contributed by atoms with Crippen molar-refractivity contribution in [2.45, 2.75) is 72.1 Å². The van der Waals surface area contributed by atoms with Crippen molar-refractivity contribution in [1.82, 2.24) is 10.2 Å². The van der Waals surface area contributed by atoms with Gasteiger partial charge >= 0.3 is 6.09 Å². The lowest BCUT2D eigenvalue weighted by Crippen LogP contribution is -2.44. The van der Waals surface area contributed by atoms with Gasteiger partial charge in [0.1, 0.15) is 5.60 Å². The van der Waals surface area contributed by atoms with E-state index in [4.69, 9.17) is 4.74 Å². The lowest BCUT2D eigenvalue weighted by Gasteiger charge is -2.30. The molecule has 1 aliphatic carbocycles. The van der Waals surface area contributed by atoms with Crippen LogP contribution < -0.4 is 5.32 Å². The highest BCUT2D eigenvalue weighted by Crippen LogP contribution is 2.31. The first kappa shape index (κ1) is 18.8. The predicted molar refractivity (Wildman–Crippen MR) is 98.3 cm³/mol. The van der Waals surface area contributed by atoms with Gasteiger partial charge in [-0.15, -0.1) is 0 Å². The molecule has 1 aromatic carbocycles. The quantitative estimate of drug-likeness (QED) is 0.878. The summed E-state index contributed by atoms with van der Waals surface area (Å²) < 4.78 is 5.51. The summed E-state index contributed by atoms with van der Waals surface area (Å²) in [6.45, 7) is 13.3. The summed E-state index contributed by atoms with van der Waals surface area (Å²) in [5, 5.41) is 3.62. The first-order valence-electron chi connectivity index (χ1n) is 9.00.